The van der Waals surface area contributed by atoms with Crippen molar-refractivity contribution in [3.63, 3.8) is 0 Å². The lowest BCUT2D eigenvalue weighted by molar-refractivity contribution is -0.142. The van der Waals surface area contributed by atoms with Crippen LogP contribution in [0.4, 0.5) is 0 Å². The lowest BCUT2D eigenvalue weighted by atomic mass is 9.93. The molecule has 1 N–H and O–H groups in total. The first kappa shape index (κ1) is 21.3. The minimum atomic E-state index is -0.531. The van der Waals surface area contributed by atoms with Crippen molar-refractivity contribution in [1.82, 2.24) is 15.1 Å². The Morgan fingerprint density at radius 2 is 1.59 bits per heavy atom. The predicted molar refractivity (Wildman–Crippen MR) is 112 cm³/mol. The van der Waals surface area contributed by atoms with E-state index in [1.165, 1.54) is 0 Å². The molecule has 29 heavy (non-hydrogen) atoms. The van der Waals surface area contributed by atoms with E-state index in [9.17, 15) is 14.4 Å². The summed E-state index contributed by atoms with van der Waals surface area (Å²) in [6.07, 6.45) is 3.89. The molecule has 1 aromatic carbocycles. The van der Waals surface area contributed by atoms with Crippen molar-refractivity contribution in [3.05, 3.63) is 35.9 Å². The van der Waals surface area contributed by atoms with Gasteiger partial charge in [0.15, 0.2) is 0 Å². The van der Waals surface area contributed by atoms with Crippen molar-refractivity contribution in [3.8, 4) is 0 Å². The smallest absolute Gasteiger partial charge is 0.245 e. The highest BCUT2D eigenvalue weighted by molar-refractivity contribution is 5.89. The van der Waals surface area contributed by atoms with E-state index >= 15 is 0 Å². The third kappa shape index (κ3) is 5.58. The molecule has 0 aliphatic carbocycles. The van der Waals surface area contributed by atoms with Gasteiger partial charge in [0, 0.05) is 32.1 Å². The predicted octanol–water partition coefficient (Wildman–Crippen LogP) is 2.23. The Labute approximate surface area is 173 Å². The minimum Gasteiger partial charge on any atom is -0.344 e. The number of piperidine rings is 1. The van der Waals surface area contributed by atoms with E-state index in [4.69, 9.17) is 0 Å². The molecule has 0 spiro atoms. The molecular formula is C23H33N3O3. The number of carbonyl (C=O) groups excluding carboxylic acids is 3. The Kier molecular flexibility index (Phi) is 7.29. The number of benzene rings is 1. The van der Waals surface area contributed by atoms with Gasteiger partial charge in [-0.3, -0.25) is 14.4 Å². The second-order valence-electron chi connectivity index (χ2n) is 8.58. The molecule has 1 unspecified atom stereocenters. The van der Waals surface area contributed by atoms with Crippen molar-refractivity contribution in [2.75, 3.05) is 26.2 Å². The van der Waals surface area contributed by atoms with Crippen LogP contribution in [0.15, 0.2) is 30.3 Å². The van der Waals surface area contributed by atoms with Gasteiger partial charge in [-0.25, -0.2) is 0 Å². The number of likely N-dealkylation sites (tertiary alicyclic amines) is 2. The molecule has 3 rings (SSSR count). The molecular weight excluding hydrogens is 366 g/mol. The Hall–Kier alpha value is -2.37. The Bertz CT molecular complexity index is 705. The highest BCUT2D eigenvalue weighted by atomic mass is 16.2. The monoisotopic (exact) mass is 399 g/mol. The fourth-order valence-electron chi connectivity index (χ4n) is 4.26. The van der Waals surface area contributed by atoms with Gasteiger partial charge < -0.3 is 15.1 Å². The van der Waals surface area contributed by atoms with E-state index in [0.29, 0.717) is 25.9 Å². The average Bonchev–Trinajstić information content (AvgIpc) is 3.26. The summed E-state index contributed by atoms with van der Waals surface area (Å²) >= 11 is 0. The summed E-state index contributed by atoms with van der Waals surface area (Å²) in [6.45, 7) is 6.83. The Balaban J connectivity index is 1.53. The van der Waals surface area contributed by atoms with Crippen molar-refractivity contribution in [2.24, 2.45) is 11.8 Å². The average molecular weight is 400 g/mol. The van der Waals surface area contributed by atoms with Crippen LogP contribution in [0.1, 0.15) is 45.1 Å². The summed E-state index contributed by atoms with van der Waals surface area (Å²) in [7, 11) is 0. The fraction of sp³-hybridized carbons (Fsp3) is 0.609. The first-order valence-corrected chi connectivity index (χ1v) is 10.9. The van der Waals surface area contributed by atoms with Gasteiger partial charge in [-0.05, 0) is 37.2 Å². The second kappa shape index (κ2) is 9.90. The van der Waals surface area contributed by atoms with Gasteiger partial charge >= 0.3 is 0 Å². The molecule has 1 aromatic rings. The lowest BCUT2D eigenvalue weighted by Gasteiger charge is -2.36. The molecule has 6 heteroatoms. The second-order valence-corrected chi connectivity index (χ2v) is 8.58. The van der Waals surface area contributed by atoms with Crippen molar-refractivity contribution >= 4 is 17.7 Å². The lowest BCUT2D eigenvalue weighted by Crippen LogP contribution is -2.54. The van der Waals surface area contributed by atoms with Gasteiger partial charge in [-0.15, -0.1) is 0 Å². The molecule has 158 valence electrons. The zero-order valence-corrected chi connectivity index (χ0v) is 17.6. The normalized spacial score (nSPS) is 18.7. The molecule has 2 fully saturated rings. The van der Waals surface area contributed by atoms with Gasteiger partial charge in [-0.1, -0.05) is 44.2 Å². The van der Waals surface area contributed by atoms with Crippen LogP contribution in [0.3, 0.4) is 0 Å². The quantitative estimate of drug-likeness (QED) is 0.798. The maximum atomic E-state index is 13.1. The first-order valence-electron chi connectivity index (χ1n) is 10.9. The van der Waals surface area contributed by atoms with Crippen LogP contribution in [0.5, 0.6) is 0 Å². The number of nitrogens with one attached hydrogen (secondary N) is 1. The van der Waals surface area contributed by atoms with Crippen LogP contribution in [0.2, 0.25) is 0 Å². The highest BCUT2D eigenvalue weighted by Crippen LogP contribution is 2.23. The van der Waals surface area contributed by atoms with E-state index in [2.05, 4.69) is 5.32 Å². The van der Waals surface area contributed by atoms with Crippen LogP contribution >= 0.6 is 0 Å². The summed E-state index contributed by atoms with van der Waals surface area (Å²) in [5.74, 6) is 0.121. The number of rotatable bonds is 6. The van der Waals surface area contributed by atoms with Crippen LogP contribution in [-0.4, -0.2) is 59.7 Å². The maximum absolute atomic E-state index is 13.1. The van der Waals surface area contributed by atoms with E-state index in [1.807, 2.05) is 54.0 Å². The fourth-order valence-corrected chi connectivity index (χ4v) is 4.26. The number of amides is 3. The summed E-state index contributed by atoms with van der Waals surface area (Å²) in [5, 5.41) is 2.94. The van der Waals surface area contributed by atoms with Crippen LogP contribution < -0.4 is 5.32 Å². The van der Waals surface area contributed by atoms with E-state index < -0.39 is 6.04 Å². The summed E-state index contributed by atoms with van der Waals surface area (Å²) in [6, 6.07) is 9.02. The number of hydrogen-bond donors (Lipinski definition) is 1. The topological polar surface area (TPSA) is 69.7 Å². The number of nitrogens with zero attached hydrogens (tertiary/aromatic N) is 2. The first-order chi connectivity index (χ1) is 14.0. The minimum absolute atomic E-state index is 0.00572. The molecule has 6 nitrogen and oxygen atoms in total. The molecule has 0 aromatic heterocycles. The maximum Gasteiger partial charge on any atom is 0.245 e. The molecule has 2 saturated heterocycles. The van der Waals surface area contributed by atoms with Crippen LogP contribution in [0.25, 0.3) is 0 Å². The summed E-state index contributed by atoms with van der Waals surface area (Å²) in [5.41, 5.74) is 0.932. The highest BCUT2D eigenvalue weighted by Gasteiger charge is 2.34. The van der Waals surface area contributed by atoms with E-state index in [1.54, 1.807) is 0 Å². The van der Waals surface area contributed by atoms with Crippen LogP contribution in [-0.2, 0) is 20.8 Å². The number of carbonyl (C=O) groups is 3. The van der Waals surface area contributed by atoms with Gasteiger partial charge in [0.25, 0.3) is 0 Å². The third-order valence-corrected chi connectivity index (χ3v) is 6.03. The Morgan fingerprint density at radius 1 is 0.966 bits per heavy atom. The zero-order chi connectivity index (χ0) is 20.8. The van der Waals surface area contributed by atoms with Gasteiger partial charge in [0.2, 0.25) is 17.7 Å². The van der Waals surface area contributed by atoms with Gasteiger partial charge in [0.1, 0.15) is 6.04 Å². The van der Waals surface area contributed by atoms with Crippen LogP contribution in [0, 0.1) is 11.8 Å². The van der Waals surface area contributed by atoms with Gasteiger partial charge in [-0.2, -0.15) is 0 Å². The zero-order valence-electron chi connectivity index (χ0n) is 17.6. The SMILES string of the molecule is CC(C)C(NC(=O)Cc1ccccc1)C(=O)N1CCC(C(=O)N2CCCC2)CC1. The molecule has 2 aliphatic heterocycles. The molecule has 0 bridgehead atoms. The van der Waals surface area contributed by atoms with Crippen molar-refractivity contribution < 1.29 is 14.4 Å². The molecule has 0 saturated carbocycles. The Morgan fingerprint density at radius 3 is 2.17 bits per heavy atom. The molecule has 2 heterocycles. The standard InChI is InChI=1S/C23H33N3O3/c1-17(2)21(24-20(27)16-18-8-4-3-5-9-18)23(29)26-14-10-19(11-15-26)22(28)25-12-6-7-13-25/h3-5,8-9,17,19,21H,6-7,10-16H2,1-2H3,(H,24,27). The molecule has 0 radical (unpaired) electrons. The molecule has 3 amide bonds. The van der Waals surface area contributed by atoms with E-state index in [0.717, 1.165) is 31.5 Å². The molecule has 2 aliphatic rings. The molecule has 1 atom stereocenters. The van der Waals surface area contributed by atoms with Gasteiger partial charge in [0.05, 0.1) is 6.42 Å². The van der Waals surface area contributed by atoms with Crippen molar-refractivity contribution in [2.45, 2.75) is 52.0 Å². The number of hydrogen-bond acceptors (Lipinski definition) is 3. The third-order valence-electron chi connectivity index (χ3n) is 6.03. The largest absolute Gasteiger partial charge is 0.344 e. The summed E-state index contributed by atoms with van der Waals surface area (Å²) in [4.78, 5) is 41.9. The van der Waals surface area contributed by atoms with Crippen molar-refractivity contribution in [1.29, 1.82) is 0 Å². The van der Waals surface area contributed by atoms with E-state index in [-0.39, 0.29) is 36.0 Å². The summed E-state index contributed by atoms with van der Waals surface area (Å²) < 4.78 is 0.